The normalized spacial score (nSPS) is 11.5. The molecule has 1 heterocycles. The van der Waals surface area contributed by atoms with Gasteiger partial charge in [-0.1, -0.05) is 12.1 Å². The van der Waals surface area contributed by atoms with Gasteiger partial charge in [0.25, 0.3) is 15.9 Å². The van der Waals surface area contributed by atoms with E-state index in [1.54, 1.807) is 30.3 Å². The maximum Gasteiger partial charge on any atom is 0.267 e. The fourth-order valence-corrected chi connectivity index (χ4v) is 3.31. The summed E-state index contributed by atoms with van der Waals surface area (Å²) in [6.45, 7) is 0.728. The quantitative estimate of drug-likeness (QED) is 0.449. The van der Waals surface area contributed by atoms with Gasteiger partial charge >= 0.3 is 0 Å². The van der Waals surface area contributed by atoms with Gasteiger partial charge in [-0.3, -0.25) is 10.0 Å². The number of rotatable bonds is 6. The van der Waals surface area contributed by atoms with Crippen LogP contribution in [-0.2, 0) is 21.4 Å². The Morgan fingerprint density at radius 3 is 2.44 bits per heavy atom. The van der Waals surface area contributed by atoms with E-state index >= 15 is 0 Å². The minimum Gasteiger partial charge on any atom is -0.305 e. The fourth-order valence-electron chi connectivity index (χ4n) is 2.10. The number of benzene rings is 1. The van der Waals surface area contributed by atoms with E-state index in [0.29, 0.717) is 5.56 Å². The van der Waals surface area contributed by atoms with Gasteiger partial charge in [0.05, 0.1) is 4.90 Å². The summed E-state index contributed by atoms with van der Waals surface area (Å²) in [4.78, 5) is 13.1. The highest BCUT2D eigenvalue weighted by molar-refractivity contribution is 7.90. The molecule has 1 aromatic heterocycles. The SMILES string of the molecule is CN(C)Cc1ccc(S(=O)(=O)n2ccc(/C=C\C(=O)NO)c2)cc1.Cl. The molecule has 0 spiro atoms. The standard InChI is InChI=1S/C16H19N3O4S.ClH/c1-18(2)11-13-3-6-15(7-4-13)24(22,23)19-10-9-14(12-19)5-8-16(20)17-21;/h3-10,12,21H,11H2,1-2H3,(H,17,20);1H/b8-5-;. The second kappa shape index (κ2) is 8.82. The van der Waals surface area contributed by atoms with Crippen LogP contribution >= 0.6 is 12.4 Å². The van der Waals surface area contributed by atoms with Gasteiger partial charge in [-0.15, -0.1) is 12.4 Å². The molecule has 0 saturated heterocycles. The number of carbonyl (C=O) groups is 1. The number of nitrogens with zero attached hydrogens (tertiary/aromatic N) is 2. The van der Waals surface area contributed by atoms with E-state index in [-0.39, 0.29) is 17.3 Å². The number of hydroxylamine groups is 1. The van der Waals surface area contributed by atoms with Crippen LogP contribution in [0.4, 0.5) is 0 Å². The first-order valence-electron chi connectivity index (χ1n) is 7.12. The molecule has 9 heteroatoms. The summed E-state index contributed by atoms with van der Waals surface area (Å²) in [5.74, 6) is -0.693. The van der Waals surface area contributed by atoms with Gasteiger partial charge in [-0.25, -0.2) is 17.9 Å². The minimum atomic E-state index is -3.69. The zero-order chi connectivity index (χ0) is 17.7. The van der Waals surface area contributed by atoms with E-state index in [2.05, 4.69) is 0 Å². The Balaban J connectivity index is 0.00000312. The molecular formula is C16H20ClN3O4S. The van der Waals surface area contributed by atoms with Crippen molar-refractivity contribution in [2.45, 2.75) is 11.4 Å². The number of hydrogen-bond acceptors (Lipinski definition) is 5. The summed E-state index contributed by atoms with van der Waals surface area (Å²) in [7, 11) is 0.194. The molecule has 0 radical (unpaired) electrons. The first kappa shape index (κ1) is 20.9. The predicted octanol–water partition coefficient (Wildman–Crippen LogP) is 1.73. The molecule has 0 aliphatic rings. The fraction of sp³-hybridized carbons (Fsp3) is 0.188. The van der Waals surface area contributed by atoms with E-state index in [4.69, 9.17) is 5.21 Å². The molecule has 0 unspecified atom stereocenters. The number of amides is 1. The lowest BCUT2D eigenvalue weighted by atomic mass is 10.2. The third-order valence-electron chi connectivity index (χ3n) is 3.23. The van der Waals surface area contributed by atoms with E-state index in [9.17, 15) is 13.2 Å². The molecule has 0 bridgehead atoms. The molecule has 2 rings (SSSR count). The van der Waals surface area contributed by atoms with Crippen molar-refractivity contribution in [3.63, 3.8) is 0 Å². The predicted molar refractivity (Wildman–Crippen MR) is 97.1 cm³/mol. The number of nitrogens with one attached hydrogen (secondary N) is 1. The molecule has 1 amide bonds. The zero-order valence-electron chi connectivity index (χ0n) is 13.8. The molecule has 0 aliphatic heterocycles. The molecular weight excluding hydrogens is 366 g/mol. The van der Waals surface area contributed by atoms with Crippen molar-refractivity contribution in [1.29, 1.82) is 0 Å². The second-order valence-electron chi connectivity index (χ2n) is 5.47. The van der Waals surface area contributed by atoms with Gasteiger partial charge in [0.15, 0.2) is 0 Å². The highest BCUT2D eigenvalue weighted by Gasteiger charge is 2.16. The van der Waals surface area contributed by atoms with E-state index in [1.165, 1.54) is 23.9 Å². The van der Waals surface area contributed by atoms with E-state index in [1.807, 2.05) is 19.0 Å². The lowest BCUT2D eigenvalue weighted by Gasteiger charge is -2.10. The van der Waals surface area contributed by atoms with Crippen LogP contribution in [0.5, 0.6) is 0 Å². The minimum absolute atomic E-state index is 0. The third kappa shape index (κ3) is 5.43. The van der Waals surface area contributed by atoms with Gasteiger partial charge in [-0.05, 0) is 49.5 Å². The molecule has 2 N–H and O–H groups in total. The Hall–Kier alpha value is -2.13. The van der Waals surface area contributed by atoms with Crippen LogP contribution in [0, 0.1) is 0 Å². The molecule has 136 valence electrons. The van der Waals surface area contributed by atoms with Crippen molar-refractivity contribution in [3.05, 3.63) is 59.9 Å². The van der Waals surface area contributed by atoms with Crippen molar-refractivity contribution in [3.8, 4) is 0 Å². The first-order chi connectivity index (χ1) is 11.3. The number of hydrogen-bond donors (Lipinski definition) is 2. The van der Waals surface area contributed by atoms with Crippen molar-refractivity contribution >= 4 is 34.4 Å². The van der Waals surface area contributed by atoms with Crippen LogP contribution in [0.2, 0.25) is 0 Å². The smallest absolute Gasteiger partial charge is 0.267 e. The molecule has 0 saturated carbocycles. The first-order valence-corrected chi connectivity index (χ1v) is 8.56. The molecule has 0 atom stereocenters. The highest BCUT2D eigenvalue weighted by atomic mass is 35.5. The Morgan fingerprint density at radius 2 is 1.88 bits per heavy atom. The van der Waals surface area contributed by atoms with Crippen LogP contribution in [0.1, 0.15) is 11.1 Å². The topological polar surface area (TPSA) is 91.6 Å². The summed E-state index contributed by atoms with van der Waals surface area (Å²) in [6.07, 6.45) is 5.30. The van der Waals surface area contributed by atoms with Gasteiger partial charge in [0.1, 0.15) is 0 Å². The zero-order valence-corrected chi connectivity index (χ0v) is 15.4. The van der Waals surface area contributed by atoms with Crippen LogP contribution in [0.25, 0.3) is 6.08 Å². The molecule has 0 aliphatic carbocycles. The summed E-state index contributed by atoms with van der Waals surface area (Å²) in [5.41, 5.74) is 3.00. The van der Waals surface area contributed by atoms with Crippen molar-refractivity contribution in [1.82, 2.24) is 14.4 Å². The summed E-state index contributed by atoms with van der Waals surface area (Å²) >= 11 is 0. The van der Waals surface area contributed by atoms with Crippen molar-refractivity contribution in [2.75, 3.05) is 14.1 Å². The molecule has 25 heavy (non-hydrogen) atoms. The summed E-state index contributed by atoms with van der Waals surface area (Å²) < 4.78 is 26.3. The number of halogens is 1. The van der Waals surface area contributed by atoms with Gasteiger partial charge < -0.3 is 4.90 Å². The van der Waals surface area contributed by atoms with Gasteiger partial charge in [0, 0.05) is 25.0 Å². The van der Waals surface area contributed by atoms with Gasteiger partial charge in [-0.2, -0.15) is 0 Å². The van der Waals surface area contributed by atoms with Crippen LogP contribution in [0.3, 0.4) is 0 Å². The molecule has 0 fully saturated rings. The third-order valence-corrected chi connectivity index (χ3v) is 4.88. The van der Waals surface area contributed by atoms with Crippen LogP contribution < -0.4 is 5.48 Å². The molecule has 1 aromatic carbocycles. The Morgan fingerprint density at radius 1 is 1.24 bits per heavy atom. The largest absolute Gasteiger partial charge is 0.305 e. The van der Waals surface area contributed by atoms with Crippen LogP contribution in [0.15, 0.2) is 53.7 Å². The average molecular weight is 386 g/mol. The molecule has 2 aromatic rings. The number of carbonyl (C=O) groups excluding carboxylic acids is 1. The second-order valence-corrected chi connectivity index (χ2v) is 7.31. The highest BCUT2D eigenvalue weighted by Crippen LogP contribution is 2.17. The maximum atomic E-state index is 12.6. The monoisotopic (exact) mass is 385 g/mol. The summed E-state index contributed by atoms with van der Waals surface area (Å²) in [6, 6.07) is 8.26. The maximum absolute atomic E-state index is 12.6. The lowest BCUT2D eigenvalue weighted by Crippen LogP contribution is -2.14. The Bertz CT molecular complexity index is 843. The van der Waals surface area contributed by atoms with E-state index < -0.39 is 15.9 Å². The Labute approximate surface area is 153 Å². The Kier molecular flexibility index (Phi) is 7.38. The summed E-state index contributed by atoms with van der Waals surface area (Å²) in [5, 5.41) is 8.42. The number of aromatic nitrogens is 1. The van der Waals surface area contributed by atoms with Gasteiger partial charge in [0.2, 0.25) is 0 Å². The van der Waals surface area contributed by atoms with Crippen LogP contribution in [-0.4, -0.2) is 42.5 Å². The molecule has 7 nitrogen and oxygen atoms in total. The van der Waals surface area contributed by atoms with Crippen molar-refractivity contribution in [2.24, 2.45) is 0 Å². The average Bonchev–Trinajstić information content (AvgIpc) is 3.02. The van der Waals surface area contributed by atoms with Crippen molar-refractivity contribution < 1.29 is 18.4 Å². The lowest BCUT2D eigenvalue weighted by molar-refractivity contribution is -0.124. The van der Waals surface area contributed by atoms with E-state index in [0.717, 1.165) is 22.2 Å².